The number of rotatable bonds is 6. The SMILES string of the molecule is CCNC(CO)CCN1CCCOCC1. The topological polar surface area (TPSA) is 44.7 Å². The molecular weight excluding hydrogens is 192 g/mol. The number of likely N-dealkylation sites (N-methyl/N-ethyl adjacent to an activating group) is 1. The molecule has 15 heavy (non-hydrogen) atoms. The van der Waals surface area contributed by atoms with Gasteiger partial charge in [-0.25, -0.2) is 0 Å². The zero-order chi connectivity index (χ0) is 10.9. The van der Waals surface area contributed by atoms with Crippen LogP contribution in [0.15, 0.2) is 0 Å². The van der Waals surface area contributed by atoms with Crippen LogP contribution in [-0.2, 0) is 4.74 Å². The van der Waals surface area contributed by atoms with Crippen molar-refractivity contribution in [2.45, 2.75) is 25.8 Å². The van der Waals surface area contributed by atoms with Crippen LogP contribution in [0.1, 0.15) is 19.8 Å². The maximum absolute atomic E-state index is 9.14. The Hall–Kier alpha value is -0.160. The van der Waals surface area contributed by atoms with Gasteiger partial charge in [0.2, 0.25) is 0 Å². The Morgan fingerprint density at radius 3 is 3.00 bits per heavy atom. The minimum absolute atomic E-state index is 0.234. The highest BCUT2D eigenvalue weighted by Crippen LogP contribution is 2.01. The van der Waals surface area contributed by atoms with Crippen molar-refractivity contribution < 1.29 is 9.84 Å². The molecule has 1 atom stereocenters. The van der Waals surface area contributed by atoms with Crippen LogP contribution in [0, 0.1) is 0 Å². The van der Waals surface area contributed by atoms with Gasteiger partial charge in [0.15, 0.2) is 0 Å². The van der Waals surface area contributed by atoms with Gasteiger partial charge >= 0.3 is 0 Å². The first-order valence-electron chi connectivity index (χ1n) is 6.01. The van der Waals surface area contributed by atoms with Crippen LogP contribution >= 0.6 is 0 Å². The van der Waals surface area contributed by atoms with Crippen LogP contribution in [0.5, 0.6) is 0 Å². The van der Waals surface area contributed by atoms with E-state index >= 15 is 0 Å². The Bertz CT molecular complexity index is 148. The fourth-order valence-electron chi connectivity index (χ4n) is 1.91. The Morgan fingerprint density at radius 1 is 1.40 bits per heavy atom. The molecule has 0 bridgehead atoms. The molecule has 0 aromatic rings. The average molecular weight is 216 g/mol. The van der Waals surface area contributed by atoms with E-state index in [9.17, 15) is 0 Å². The van der Waals surface area contributed by atoms with Gasteiger partial charge in [0.25, 0.3) is 0 Å². The molecule has 1 rings (SSSR count). The van der Waals surface area contributed by atoms with Crippen molar-refractivity contribution >= 4 is 0 Å². The summed E-state index contributed by atoms with van der Waals surface area (Å²) in [5.74, 6) is 0. The average Bonchev–Trinajstić information content (AvgIpc) is 2.52. The fraction of sp³-hybridized carbons (Fsp3) is 1.00. The number of aliphatic hydroxyl groups is 1. The van der Waals surface area contributed by atoms with Crippen LogP contribution in [0.4, 0.5) is 0 Å². The van der Waals surface area contributed by atoms with Crippen molar-refractivity contribution in [1.82, 2.24) is 10.2 Å². The number of nitrogens with one attached hydrogen (secondary N) is 1. The lowest BCUT2D eigenvalue weighted by molar-refractivity contribution is 0.139. The van der Waals surface area contributed by atoms with Crippen molar-refractivity contribution in [2.24, 2.45) is 0 Å². The van der Waals surface area contributed by atoms with Crippen molar-refractivity contribution in [1.29, 1.82) is 0 Å². The zero-order valence-electron chi connectivity index (χ0n) is 9.74. The summed E-state index contributed by atoms with van der Waals surface area (Å²) >= 11 is 0. The van der Waals surface area contributed by atoms with Gasteiger partial charge in [-0.05, 0) is 25.9 Å². The van der Waals surface area contributed by atoms with Gasteiger partial charge in [-0.15, -0.1) is 0 Å². The van der Waals surface area contributed by atoms with Gasteiger partial charge in [0, 0.05) is 25.7 Å². The molecule has 1 aliphatic heterocycles. The van der Waals surface area contributed by atoms with Gasteiger partial charge in [-0.2, -0.15) is 0 Å². The Balaban J connectivity index is 2.15. The predicted molar refractivity (Wildman–Crippen MR) is 61.0 cm³/mol. The van der Waals surface area contributed by atoms with E-state index in [2.05, 4.69) is 17.1 Å². The second kappa shape index (κ2) is 8.05. The van der Waals surface area contributed by atoms with Crippen LogP contribution < -0.4 is 5.32 Å². The van der Waals surface area contributed by atoms with E-state index in [0.717, 1.165) is 52.2 Å². The van der Waals surface area contributed by atoms with Crippen molar-refractivity contribution in [2.75, 3.05) is 46.0 Å². The normalized spacial score (nSPS) is 21.2. The van der Waals surface area contributed by atoms with E-state index in [1.165, 1.54) is 0 Å². The molecule has 0 spiro atoms. The van der Waals surface area contributed by atoms with Crippen molar-refractivity contribution in [3.05, 3.63) is 0 Å². The van der Waals surface area contributed by atoms with E-state index in [4.69, 9.17) is 9.84 Å². The molecule has 1 saturated heterocycles. The third-order valence-electron chi connectivity index (χ3n) is 2.82. The first-order valence-corrected chi connectivity index (χ1v) is 6.01. The summed E-state index contributed by atoms with van der Waals surface area (Å²) in [5, 5.41) is 12.4. The summed E-state index contributed by atoms with van der Waals surface area (Å²) in [6, 6.07) is 0.249. The highest BCUT2D eigenvalue weighted by molar-refractivity contribution is 4.69. The Labute approximate surface area is 92.6 Å². The van der Waals surface area contributed by atoms with Crippen LogP contribution in [0.3, 0.4) is 0 Å². The smallest absolute Gasteiger partial charge is 0.0593 e. The summed E-state index contributed by atoms with van der Waals surface area (Å²) in [7, 11) is 0. The molecular formula is C11H24N2O2. The summed E-state index contributed by atoms with van der Waals surface area (Å²) in [6.07, 6.45) is 2.15. The molecule has 1 aliphatic rings. The number of nitrogens with zero attached hydrogens (tertiary/aromatic N) is 1. The Kier molecular flexibility index (Phi) is 6.92. The minimum Gasteiger partial charge on any atom is -0.395 e. The first kappa shape index (κ1) is 12.9. The van der Waals surface area contributed by atoms with Crippen molar-refractivity contribution in [3.8, 4) is 0 Å². The second-order valence-electron chi connectivity index (χ2n) is 4.03. The molecule has 0 radical (unpaired) electrons. The standard InChI is InChI=1S/C11H24N2O2/c1-2-12-11(10-14)4-6-13-5-3-8-15-9-7-13/h11-12,14H,2-10H2,1H3. The largest absolute Gasteiger partial charge is 0.395 e. The highest BCUT2D eigenvalue weighted by atomic mass is 16.5. The monoisotopic (exact) mass is 216 g/mol. The number of aliphatic hydroxyl groups excluding tert-OH is 1. The third-order valence-corrected chi connectivity index (χ3v) is 2.82. The molecule has 0 aliphatic carbocycles. The van der Waals surface area contributed by atoms with Gasteiger partial charge in [-0.3, -0.25) is 0 Å². The molecule has 4 nitrogen and oxygen atoms in total. The zero-order valence-corrected chi connectivity index (χ0v) is 9.74. The van der Waals surface area contributed by atoms with Crippen molar-refractivity contribution in [3.63, 3.8) is 0 Å². The third kappa shape index (κ3) is 5.47. The Morgan fingerprint density at radius 2 is 2.27 bits per heavy atom. The predicted octanol–water partition coefficient (Wildman–Crippen LogP) is 0.0692. The molecule has 0 aromatic heterocycles. The lowest BCUT2D eigenvalue weighted by Gasteiger charge is -2.22. The van der Waals surface area contributed by atoms with Gasteiger partial charge < -0.3 is 20.1 Å². The quantitative estimate of drug-likeness (QED) is 0.659. The lowest BCUT2D eigenvalue weighted by Crippen LogP contribution is -2.37. The van der Waals surface area contributed by atoms with E-state index in [1.54, 1.807) is 0 Å². The summed E-state index contributed by atoms with van der Waals surface area (Å²) < 4.78 is 5.40. The molecule has 2 N–H and O–H groups in total. The minimum atomic E-state index is 0.234. The molecule has 0 amide bonds. The molecule has 0 saturated carbocycles. The van der Waals surface area contributed by atoms with Crippen LogP contribution in [0.25, 0.3) is 0 Å². The van der Waals surface area contributed by atoms with E-state index in [1.807, 2.05) is 0 Å². The number of hydrogen-bond acceptors (Lipinski definition) is 4. The molecule has 1 unspecified atom stereocenters. The van der Waals surface area contributed by atoms with Crippen LogP contribution in [-0.4, -0.2) is 62.0 Å². The molecule has 90 valence electrons. The summed E-state index contributed by atoms with van der Waals surface area (Å²) in [6.45, 7) is 8.20. The second-order valence-corrected chi connectivity index (χ2v) is 4.03. The first-order chi connectivity index (χ1) is 7.36. The van der Waals surface area contributed by atoms with E-state index in [-0.39, 0.29) is 12.6 Å². The summed E-state index contributed by atoms with van der Waals surface area (Å²) in [4.78, 5) is 2.42. The number of hydrogen-bond donors (Lipinski definition) is 2. The lowest BCUT2D eigenvalue weighted by atomic mass is 10.2. The molecule has 1 fully saturated rings. The fourth-order valence-corrected chi connectivity index (χ4v) is 1.91. The molecule has 1 heterocycles. The molecule has 4 heteroatoms. The number of ether oxygens (including phenoxy) is 1. The van der Waals surface area contributed by atoms with E-state index < -0.39 is 0 Å². The maximum Gasteiger partial charge on any atom is 0.0593 e. The van der Waals surface area contributed by atoms with Gasteiger partial charge in [-0.1, -0.05) is 6.92 Å². The summed E-state index contributed by atoms with van der Waals surface area (Å²) in [5.41, 5.74) is 0. The maximum atomic E-state index is 9.14. The molecule has 0 aromatic carbocycles. The van der Waals surface area contributed by atoms with Gasteiger partial charge in [0.1, 0.15) is 0 Å². The van der Waals surface area contributed by atoms with Gasteiger partial charge in [0.05, 0.1) is 13.2 Å². The highest BCUT2D eigenvalue weighted by Gasteiger charge is 2.11. The van der Waals surface area contributed by atoms with E-state index in [0.29, 0.717) is 0 Å². The van der Waals surface area contributed by atoms with Crippen LogP contribution in [0.2, 0.25) is 0 Å².